The first-order chi connectivity index (χ1) is 7.77. The molecule has 0 spiro atoms. The van der Waals surface area contributed by atoms with Crippen molar-refractivity contribution in [3.63, 3.8) is 0 Å². The molecule has 8 heteroatoms. The van der Waals surface area contributed by atoms with Crippen LogP contribution in [0.3, 0.4) is 0 Å². The van der Waals surface area contributed by atoms with Gasteiger partial charge >= 0.3 is 13.3 Å². The number of halogens is 4. The Labute approximate surface area is 94.8 Å². The molecule has 1 aromatic carbocycles. The van der Waals surface area contributed by atoms with Crippen LogP contribution < -0.4 is 5.46 Å². The second-order valence-corrected chi connectivity index (χ2v) is 3.34. The van der Waals surface area contributed by atoms with Crippen molar-refractivity contribution >= 4 is 12.6 Å². The molecule has 0 atom stereocenters. The Bertz CT molecular complexity index is 406. The summed E-state index contributed by atoms with van der Waals surface area (Å²) in [6.45, 7) is -0.260. The fourth-order valence-corrected chi connectivity index (χ4v) is 1.36. The molecule has 3 nitrogen and oxygen atoms in total. The summed E-state index contributed by atoms with van der Waals surface area (Å²) in [5.74, 6) is -1.11. The summed E-state index contributed by atoms with van der Waals surface area (Å²) in [6.07, 6.45) is -4.86. The van der Waals surface area contributed by atoms with Crippen molar-refractivity contribution < 1.29 is 32.3 Å². The number of alkyl halides is 3. The highest BCUT2D eigenvalue weighted by Gasteiger charge is 2.37. The fraction of sp³-hybridized carbons (Fsp3) is 0.333. The molecule has 0 saturated heterocycles. The summed E-state index contributed by atoms with van der Waals surface area (Å²) < 4.78 is 55.3. The SMILES string of the molecule is COCc1cc(B(O)O)c(C(F)(F)F)cc1F. The molecule has 0 radical (unpaired) electrons. The summed E-state index contributed by atoms with van der Waals surface area (Å²) in [7, 11) is -1.09. The van der Waals surface area contributed by atoms with Gasteiger partial charge in [0.2, 0.25) is 0 Å². The number of hydrogen-bond acceptors (Lipinski definition) is 3. The Hall–Kier alpha value is -1.12. The van der Waals surface area contributed by atoms with E-state index in [1.807, 2.05) is 0 Å². The number of ether oxygens (including phenoxy) is 1. The van der Waals surface area contributed by atoms with E-state index in [0.717, 1.165) is 6.07 Å². The molecule has 2 N–H and O–H groups in total. The lowest BCUT2D eigenvalue weighted by molar-refractivity contribution is -0.137. The van der Waals surface area contributed by atoms with Gasteiger partial charge in [0.05, 0.1) is 12.2 Å². The van der Waals surface area contributed by atoms with Crippen molar-refractivity contribution in [3.05, 3.63) is 29.1 Å². The second kappa shape index (κ2) is 5.03. The van der Waals surface area contributed by atoms with Crippen LogP contribution in [-0.4, -0.2) is 24.3 Å². The van der Waals surface area contributed by atoms with Gasteiger partial charge in [-0.25, -0.2) is 4.39 Å². The minimum absolute atomic E-state index is 0.177. The van der Waals surface area contributed by atoms with Gasteiger partial charge in [-0.1, -0.05) is 6.07 Å². The smallest absolute Gasteiger partial charge is 0.423 e. The van der Waals surface area contributed by atoms with E-state index < -0.39 is 30.1 Å². The second-order valence-electron chi connectivity index (χ2n) is 3.34. The van der Waals surface area contributed by atoms with Gasteiger partial charge in [-0.2, -0.15) is 13.2 Å². The molecule has 0 heterocycles. The zero-order valence-corrected chi connectivity index (χ0v) is 8.75. The molecule has 0 amide bonds. The molecule has 0 aliphatic heterocycles. The van der Waals surface area contributed by atoms with Gasteiger partial charge in [-0.3, -0.25) is 0 Å². The van der Waals surface area contributed by atoms with Crippen molar-refractivity contribution in [1.29, 1.82) is 0 Å². The van der Waals surface area contributed by atoms with E-state index in [-0.39, 0.29) is 18.2 Å². The van der Waals surface area contributed by atoms with Crippen LogP contribution in [-0.2, 0) is 17.5 Å². The van der Waals surface area contributed by atoms with Crippen LogP contribution in [0.4, 0.5) is 17.6 Å². The highest BCUT2D eigenvalue weighted by atomic mass is 19.4. The van der Waals surface area contributed by atoms with E-state index in [1.165, 1.54) is 7.11 Å². The molecule has 0 bridgehead atoms. The van der Waals surface area contributed by atoms with Crippen LogP contribution in [0.25, 0.3) is 0 Å². The maximum absolute atomic E-state index is 13.3. The van der Waals surface area contributed by atoms with Crippen molar-refractivity contribution in [2.75, 3.05) is 7.11 Å². The third kappa shape index (κ3) is 3.18. The first kappa shape index (κ1) is 13.9. The molecule has 0 saturated carbocycles. The molecule has 1 aromatic rings. The molecule has 0 aliphatic rings. The largest absolute Gasteiger partial charge is 0.489 e. The Kier molecular flexibility index (Phi) is 4.13. The monoisotopic (exact) mass is 252 g/mol. The summed E-state index contributed by atoms with van der Waals surface area (Å²) in [4.78, 5) is 0. The highest BCUT2D eigenvalue weighted by Crippen LogP contribution is 2.29. The van der Waals surface area contributed by atoms with Gasteiger partial charge in [0.1, 0.15) is 5.82 Å². The standard InChI is InChI=1S/C9H9BF4O3/c1-17-4-5-2-7(10(15)16)6(3-8(5)11)9(12,13)14/h2-3,15-16H,4H2,1H3. The Morgan fingerprint density at radius 3 is 2.29 bits per heavy atom. The number of rotatable bonds is 3. The van der Waals surface area contributed by atoms with Crippen molar-refractivity contribution in [2.45, 2.75) is 12.8 Å². The number of methoxy groups -OCH3 is 1. The van der Waals surface area contributed by atoms with Crippen LogP contribution in [0.5, 0.6) is 0 Å². The van der Waals surface area contributed by atoms with Crippen LogP contribution in [0.1, 0.15) is 11.1 Å². The van der Waals surface area contributed by atoms with Gasteiger partial charge < -0.3 is 14.8 Å². The average Bonchev–Trinajstić information content (AvgIpc) is 2.19. The molecule has 17 heavy (non-hydrogen) atoms. The van der Waals surface area contributed by atoms with Crippen molar-refractivity contribution in [3.8, 4) is 0 Å². The van der Waals surface area contributed by atoms with E-state index in [2.05, 4.69) is 4.74 Å². The molecule has 0 fully saturated rings. The van der Waals surface area contributed by atoms with E-state index in [1.54, 1.807) is 0 Å². The van der Waals surface area contributed by atoms with E-state index in [9.17, 15) is 17.6 Å². The zero-order valence-electron chi connectivity index (χ0n) is 8.75. The Morgan fingerprint density at radius 2 is 1.88 bits per heavy atom. The van der Waals surface area contributed by atoms with Gasteiger partial charge in [0.25, 0.3) is 0 Å². The van der Waals surface area contributed by atoms with Gasteiger partial charge in [0, 0.05) is 12.7 Å². The Morgan fingerprint density at radius 1 is 1.29 bits per heavy atom. The lowest BCUT2D eigenvalue weighted by atomic mass is 9.76. The molecule has 0 aromatic heterocycles. The first-order valence-electron chi connectivity index (χ1n) is 4.52. The number of hydrogen-bond donors (Lipinski definition) is 2. The fourth-order valence-electron chi connectivity index (χ4n) is 1.36. The predicted molar refractivity (Wildman–Crippen MR) is 51.9 cm³/mol. The summed E-state index contributed by atoms with van der Waals surface area (Å²) in [5, 5.41) is 17.7. The predicted octanol–water partition coefficient (Wildman–Crippen LogP) is 0.671. The van der Waals surface area contributed by atoms with E-state index in [0.29, 0.717) is 0 Å². The van der Waals surface area contributed by atoms with Crippen LogP contribution in [0, 0.1) is 5.82 Å². The van der Waals surface area contributed by atoms with Gasteiger partial charge in [-0.05, 0) is 11.5 Å². The minimum Gasteiger partial charge on any atom is -0.423 e. The summed E-state index contributed by atoms with van der Waals surface area (Å²) in [5.41, 5.74) is -2.39. The third-order valence-electron chi connectivity index (χ3n) is 2.10. The van der Waals surface area contributed by atoms with Gasteiger partial charge in [-0.15, -0.1) is 0 Å². The zero-order chi connectivity index (χ0) is 13.2. The maximum Gasteiger partial charge on any atom is 0.489 e. The molecule has 94 valence electrons. The molecular formula is C9H9BF4O3. The lowest BCUT2D eigenvalue weighted by Gasteiger charge is -2.14. The molecule has 0 unspecified atom stereocenters. The molecule has 1 rings (SSSR count). The van der Waals surface area contributed by atoms with Crippen molar-refractivity contribution in [2.24, 2.45) is 0 Å². The van der Waals surface area contributed by atoms with Crippen molar-refractivity contribution in [1.82, 2.24) is 0 Å². The normalized spacial score (nSPS) is 11.7. The van der Waals surface area contributed by atoms with Crippen LogP contribution >= 0.6 is 0 Å². The summed E-state index contributed by atoms with van der Waals surface area (Å²) >= 11 is 0. The minimum atomic E-state index is -4.86. The maximum atomic E-state index is 13.3. The Balaban J connectivity index is 3.36. The lowest BCUT2D eigenvalue weighted by Crippen LogP contribution is -2.36. The van der Waals surface area contributed by atoms with Gasteiger partial charge in [0.15, 0.2) is 0 Å². The first-order valence-corrected chi connectivity index (χ1v) is 4.52. The summed E-state index contributed by atoms with van der Waals surface area (Å²) in [6, 6.07) is 0.954. The average molecular weight is 252 g/mol. The highest BCUT2D eigenvalue weighted by molar-refractivity contribution is 6.59. The van der Waals surface area contributed by atoms with Crippen LogP contribution in [0.15, 0.2) is 12.1 Å². The topological polar surface area (TPSA) is 49.7 Å². The van der Waals surface area contributed by atoms with E-state index >= 15 is 0 Å². The quantitative estimate of drug-likeness (QED) is 0.614. The molecular weight excluding hydrogens is 243 g/mol. The number of benzene rings is 1. The van der Waals surface area contributed by atoms with Crippen LogP contribution in [0.2, 0.25) is 0 Å². The third-order valence-corrected chi connectivity index (χ3v) is 2.10. The molecule has 0 aliphatic carbocycles. The van der Waals surface area contributed by atoms with E-state index in [4.69, 9.17) is 10.0 Å².